The van der Waals surface area contributed by atoms with Crippen molar-refractivity contribution < 1.29 is 14.3 Å². The van der Waals surface area contributed by atoms with Gasteiger partial charge >= 0.3 is 0 Å². The molecule has 3 rings (SSSR count). The smallest absolute Gasteiger partial charge is 0.255 e. The number of carbonyl (C=O) groups excluding carboxylic acids is 2. The van der Waals surface area contributed by atoms with Crippen LogP contribution in [0, 0.1) is 13.8 Å². The van der Waals surface area contributed by atoms with E-state index in [1.807, 2.05) is 32.0 Å². The van der Waals surface area contributed by atoms with Crippen molar-refractivity contribution >= 4 is 23.2 Å². The number of benzene rings is 2. The Morgan fingerprint density at radius 2 is 1.68 bits per heavy atom. The molecule has 1 aliphatic rings. The number of hydrogen-bond acceptors (Lipinski definition) is 3. The van der Waals surface area contributed by atoms with E-state index in [2.05, 4.69) is 10.6 Å². The number of nitrogens with one attached hydrogen (secondary N) is 2. The molecule has 2 aromatic carbocycles. The molecule has 0 aliphatic carbocycles. The highest BCUT2D eigenvalue weighted by Crippen LogP contribution is 2.19. The lowest BCUT2D eigenvalue weighted by atomic mass is 10.0. The molecular weight excluding hydrogens is 316 g/mol. The van der Waals surface area contributed by atoms with Crippen LogP contribution in [0.3, 0.4) is 0 Å². The molecule has 0 bridgehead atoms. The molecule has 2 aromatic rings. The maximum absolute atomic E-state index is 12.4. The minimum absolute atomic E-state index is 0.121. The average Bonchev–Trinajstić information content (AvgIpc) is 3.14. The van der Waals surface area contributed by atoms with Gasteiger partial charge in [0, 0.05) is 23.5 Å². The summed E-state index contributed by atoms with van der Waals surface area (Å²) in [6.07, 6.45) is 1.32. The summed E-state index contributed by atoms with van der Waals surface area (Å²) in [6.45, 7) is 4.56. The Morgan fingerprint density at radius 3 is 2.32 bits per heavy atom. The molecule has 1 aliphatic heterocycles. The van der Waals surface area contributed by atoms with Crippen LogP contribution >= 0.6 is 0 Å². The van der Waals surface area contributed by atoms with Crippen LogP contribution in [0.1, 0.15) is 34.3 Å². The zero-order valence-corrected chi connectivity index (χ0v) is 14.5. The summed E-state index contributed by atoms with van der Waals surface area (Å²) in [5, 5.41) is 5.72. The molecule has 0 aromatic heterocycles. The van der Waals surface area contributed by atoms with E-state index in [4.69, 9.17) is 4.74 Å². The molecule has 2 amide bonds. The Hall–Kier alpha value is -2.66. The first-order valence-corrected chi connectivity index (χ1v) is 8.44. The lowest BCUT2D eigenvalue weighted by molar-refractivity contribution is -0.124. The zero-order valence-electron chi connectivity index (χ0n) is 14.5. The van der Waals surface area contributed by atoms with Crippen LogP contribution in [0.4, 0.5) is 11.4 Å². The molecule has 130 valence electrons. The van der Waals surface area contributed by atoms with Gasteiger partial charge in [0.05, 0.1) is 0 Å². The van der Waals surface area contributed by atoms with Crippen LogP contribution in [-0.2, 0) is 9.53 Å². The first kappa shape index (κ1) is 17.2. The Kier molecular flexibility index (Phi) is 5.14. The van der Waals surface area contributed by atoms with E-state index in [0.717, 1.165) is 24.0 Å². The molecule has 1 unspecified atom stereocenters. The fourth-order valence-corrected chi connectivity index (χ4v) is 2.84. The van der Waals surface area contributed by atoms with Crippen LogP contribution in [0.25, 0.3) is 0 Å². The third kappa shape index (κ3) is 4.06. The number of ether oxygens (including phenoxy) is 1. The van der Waals surface area contributed by atoms with Crippen molar-refractivity contribution in [2.75, 3.05) is 17.2 Å². The minimum atomic E-state index is -0.358. The summed E-state index contributed by atoms with van der Waals surface area (Å²) in [4.78, 5) is 24.5. The highest BCUT2D eigenvalue weighted by atomic mass is 16.5. The molecule has 1 atom stereocenters. The van der Waals surface area contributed by atoms with Crippen LogP contribution < -0.4 is 10.6 Å². The van der Waals surface area contributed by atoms with Gasteiger partial charge in [-0.15, -0.1) is 0 Å². The number of amides is 2. The summed E-state index contributed by atoms with van der Waals surface area (Å²) >= 11 is 0. The summed E-state index contributed by atoms with van der Waals surface area (Å²) in [5.41, 5.74) is 4.09. The van der Waals surface area contributed by atoms with Gasteiger partial charge in [-0.2, -0.15) is 0 Å². The Morgan fingerprint density at radius 1 is 1.00 bits per heavy atom. The van der Waals surface area contributed by atoms with Gasteiger partial charge in [0.15, 0.2) is 0 Å². The topological polar surface area (TPSA) is 67.4 Å². The van der Waals surface area contributed by atoms with E-state index in [0.29, 0.717) is 23.5 Å². The van der Waals surface area contributed by atoms with E-state index in [1.54, 1.807) is 24.3 Å². The van der Waals surface area contributed by atoms with E-state index in [9.17, 15) is 9.59 Å². The van der Waals surface area contributed by atoms with Crippen molar-refractivity contribution in [3.05, 3.63) is 59.2 Å². The van der Waals surface area contributed by atoms with Crippen molar-refractivity contribution in [2.24, 2.45) is 0 Å². The predicted molar refractivity (Wildman–Crippen MR) is 97.9 cm³/mol. The number of hydrogen-bond donors (Lipinski definition) is 2. The quantitative estimate of drug-likeness (QED) is 0.894. The van der Waals surface area contributed by atoms with Crippen molar-refractivity contribution in [3.63, 3.8) is 0 Å². The maximum Gasteiger partial charge on any atom is 0.255 e. The van der Waals surface area contributed by atoms with Gasteiger partial charge in [-0.25, -0.2) is 0 Å². The lowest BCUT2D eigenvalue weighted by Gasteiger charge is -2.12. The standard InChI is InChI=1S/C20H22N2O3/c1-13-5-3-6-17(14(13)2)19(23)21-15-8-10-16(11-9-15)22-20(24)18-7-4-12-25-18/h3,5-6,8-11,18H,4,7,12H2,1-2H3,(H,21,23)(H,22,24). The molecule has 0 radical (unpaired) electrons. The van der Waals surface area contributed by atoms with Crippen molar-refractivity contribution in [1.82, 2.24) is 0 Å². The van der Waals surface area contributed by atoms with Gasteiger partial charge in [0.2, 0.25) is 0 Å². The predicted octanol–water partition coefficient (Wildman–Crippen LogP) is 3.67. The van der Waals surface area contributed by atoms with Crippen molar-refractivity contribution in [2.45, 2.75) is 32.8 Å². The van der Waals surface area contributed by atoms with Gasteiger partial charge < -0.3 is 15.4 Å². The molecule has 1 saturated heterocycles. The minimum Gasteiger partial charge on any atom is -0.368 e. The lowest BCUT2D eigenvalue weighted by Crippen LogP contribution is -2.26. The molecule has 5 nitrogen and oxygen atoms in total. The fraction of sp³-hybridized carbons (Fsp3) is 0.300. The number of rotatable bonds is 4. The number of aryl methyl sites for hydroxylation is 1. The highest BCUT2D eigenvalue weighted by Gasteiger charge is 2.23. The second-order valence-corrected chi connectivity index (χ2v) is 6.27. The molecule has 25 heavy (non-hydrogen) atoms. The zero-order chi connectivity index (χ0) is 17.8. The first-order chi connectivity index (χ1) is 12.0. The Balaban J connectivity index is 1.63. The van der Waals surface area contributed by atoms with Crippen molar-refractivity contribution in [1.29, 1.82) is 0 Å². The van der Waals surface area contributed by atoms with Gasteiger partial charge in [-0.05, 0) is 68.1 Å². The highest BCUT2D eigenvalue weighted by molar-refractivity contribution is 6.05. The summed E-state index contributed by atoms with van der Waals surface area (Å²) < 4.78 is 5.36. The monoisotopic (exact) mass is 338 g/mol. The number of anilines is 2. The van der Waals surface area contributed by atoms with Gasteiger partial charge in [-0.3, -0.25) is 9.59 Å². The van der Waals surface area contributed by atoms with Crippen LogP contribution in [0.2, 0.25) is 0 Å². The van der Waals surface area contributed by atoms with Gasteiger partial charge in [0.1, 0.15) is 6.10 Å². The third-order valence-electron chi connectivity index (χ3n) is 4.48. The van der Waals surface area contributed by atoms with Gasteiger partial charge in [0.25, 0.3) is 11.8 Å². The second-order valence-electron chi connectivity index (χ2n) is 6.27. The summed E-state index contributed by atoms with van der Waals surface area (Å²) in [5.74, 6) is -0.262. The summed E-state index contributed by atoms with van der Waals surface area (Å²) in [7, 11) is 0. The Labute approximate surface area is 147 Å². The van der Waals surface area contributed by atoms with Crippen LogP contribution in [0.15, 0.2) is 42.5 Å². The van der Waals surface area contributed by atoms with E-state index in [-0.39, 0.29) is 17.9 Å². The van der Waals surface area contributed by atoms with E-state index >= 15 is 0 Å². The van der Waals surface area contributed by atoms with Crippen LogP contribution in [-0.4, -0.2) is 24.5 Å². The molecule has 1 heterocycles. The SMILES string of the molecule is Cc1cccc(C(=O)Nc2ccc(NC(=O)C3CCCO3)cc2)c1C. The summed E-state index contributed by atoms with van der Waals surface area (Å²) in [6, 6.07) is 12.8. The molecule has 2 N–H and O–H groups in total. The van der Waals surface area contributed by atoms with Crippen molar-refractivity contribution in [3.8, 4) is 0 Å². The molecule has 0 saturated carbocycles. The van der Waals surface area contributed by atoms with E-state index < -0.39 is 0 Å². The van der Waals surface area contributed by atoms with E-state index in [1.165, 1.54) is 0 Å². The van der Waals surface area contributed by atoms with Gasteiger partial charge in [-0.1, -0.05) is 12.1 Å². The third-order valence-corrected chi connectivity index (χ3v) is 4.48. The second kappa shape index (κ2) is 7.49. The van der Waals surface area contributed by atoms with Crippen LogP contribution in [0.5, 0.6) is 0 Å². The molecular formula is C20H22N2O3. The normalized spacial score (nSPS) is 16.5. The average molecular weight is 338 g/mol. The largest absolute Gasteiger partial charge is 0.368 e. The Bertz CT molecular complexity index is 778. The maximum atomic E-state index is 12.4. The molecule has 5 heteroatoms. The number of carbonyl (C=O) groups is 2. The molecule has 0 spiro atoms. The first-order valence-electron chi connectivity index (χ1n) is 8.44. The molecule has 1 fully saturated rings. The fourth-order valence-electron chi connectivity index (χ4n) is 2.84.